The number of carboxylic acid groups (broad SMARTS) is 1. The zero-order chi connectivity index (χ0) is 12.3. The molecule has 0 aliphatic carbocycles. The normalized spacial score (nSPS) is 23.6. The van der Waals surface area contributed by atoms with Crippen LogP contribution in [0.15, 0.2) is 0 Å². The molecule has 0 aromatic heterocycles. The van der Waals surface area contributed by atoms with Crippen LogP contribution in [0.5, 0.6) is 0 Å². The lowest BCUT2D eigenvalue weighted by Gasteiger charge is -2.32. The van der Waals surface area contributed by atoms with Gasteiger partial charge in [-0.15, -0.1) is 0 Å². The van der Waals surface area contributed by atoms with Gasteiger partial charge in [0.1, 0.15) is 6.04 Å². The number of sulfonamides is 1. The van der Waals surface area contributed by atoms with Gasteiger partial charge < -0.3 is 5.11 Å². The average Bonchev–Trinajstić information content (AvgIpc) is 2.15. The van der Waals surface area contributed by atoms with Gasteiger partial charge in [-0.3, -0.25) is 4.79 Å². The fourth-order valence-electron chi connectivity index (χ4n) is 1.63. The predicted molar refractivity (Wildman–Crippen MR) is 64.1 cm³/mol. The number of nitrogens with zero attached hydrogens (tertiary/aromatic N) is 1. The maximum atomic E-state index is 12.0. The summed E-state index contributed by atoms with van der Waals surface area (Å²) in [4.78, 5) is 11.0. The molecular formula is C9H17NO4S2. The van der Waals surface area contributed by atoms with Gasteiger partial charge in [0.2, 0.25) is 10.0 Å². The molecule has 16 heavy (non-hydrogen) atoms. The van der Waals surface area contributed by atoms with Crippen molar-refractivity contribution in [2.24, 2.45) is 5.92 Å². The van der Waals surface area contributed by atoms with Crippen LogP contribution < -0.4 is 0 Å². The third-order valence-corrected chi connectivity index (χ3v) is 5.53. The Morgan fingerprint density at radius 3 is 2.69 bits per heavy atom. The molecule has 0 amide bonds. The summed E-state index contributed by atoms with van der Waals surface area (Å²) in [6, 6.07) is -0.900. The Kier molecular flexibility index (Phi) is 4.63. The quantitative estimate of drug-likeness (QED) is 0.801. The highest BCUT2D eigenvalue weighted by molar-refractivity contribution is 7.99. The molecule has 0 bridgehead atoms. The largest absolute Gasteiger partial charge is 0.480 e. The van der Waals surface area contributed by atoms with E-state index in [9.17, 15) is 13.2 Å². The molecule has 1 saturated heterocycles. The summed E-state index contributed by atoms with van der Waals surface area (Å²) < 4.78 is 25.1. The molecule has 0 spiro atoms. The fourth-order valence-corrected chi connectivity index (χ4v) is 4.84. The molecule has 0 aromatic rings. The SMILES string of the molecule is CC(C)CS(=O)(=O)N1CCSCC1C(=O)O. The van der Waals surface area contributed by atoms with Gasteiger partial charge in [-0.25, -0.2) is 8.42 Å². The van der Waals surface area contributed by atoms with Crippen molar-refractivity contribution in [3.63, 3.8) is 0 Å². The highest BCUT2D eigenvalue weighted by Gasteiger charge is 2.37. The molecular weight excluding hydrogens is 250 g/mol. The standard InChI is InChI=1S/C9H17NO4S2/c1-7(2)6-16(13,14)10-3-4-15-5-8(10)9(11)12/h7-8H,3-6H2,1-2H3,(H,11,12). The average molecular weight is 267 g/mol. The zero-order valence-electron chi connectivity index (χ0n) is 9.42. The second kappa shape index (κ2) is 5.37. The van der Waals surface area contributed by atoms with Gasteiger partial charge >= 0.3 is 5.97 Å². The first kappa shape index (κ1) is 13.8. The van der Waals surface area contributed by atoms with E-state index in [0.717, 1.165) is 4.31 Å². The molecule has 1 rings (SSSR count). The smallest absolute Gasteiger partial charge is 0.322 e. The second-order valence-corrected chi connectivity index (χ2v) is 7.33. The van der Waals surface area contributed by atoms with Crippen molar-refractivity contribution >= 4 is 27.8 Å². The van der Waals surface area contributed by atoms with E-state index < -0.39 is 22.0 Å². The van der Waals surface area contributed by atoms with Crippen molar-refractivity contribution in [3.8, 4) is 0 Å². The summed E-state index contributed by atoms with van der Waals surface area (Å²) in [5, 5.41) is 8.99. The molecule has 0 saturated carbocycles. The summed E-state index contributed by atoms with van der Waals surface area (Å²) in [6.45, 7) is 3.93. The lowest BCUT2D eigenvalue weighted by Crippen LogP contribution is -2.51. The molecule has 0 aromatic carbocycles. The molecule has 1 heterocycles. The van der Waals surface area contributed by atoms with Crippen LogP contribution >= 0.6 is 11.8 Å². The van der Waals surface area contributed by atoms with Gasteiger partial charge in [-0.2, -0.15) is 16.1 Å². The molecule has 5 nitrogen and oxygen atoms in total. The van der Waals surface area contributed by atoms with Crippen LogP contribution in [0.3, 0.4) is 0 Å². The minimum Gasteiger partial charge on any atom is -0.480 e. The highest BCUT2D eigenvalue weighted by Crippen LogP contribution is 2.21. The number of thioether (sulfide) groups is 1. The Hall–Kier alpha value is -0.270. The summed E-state index contributed by atoms with van der Waals surface area (Å²) in [5.74, 6) is -0.0246. The number of rotatable bonds is 4. The Bertz CT molecular complexity index is 353. The van der Waals surface area contributed by atoms with Gasteiger partial charge in [0.15, 0.2) is 0 Å². The van der Waals surface area contributed by atoms with Crippen molar-refractivity contribution in [3.05, 3.63) is 0 Å². The maximum Gasteiger partial charge on any atom is 0.322 e. The van der Waals surface area contributed by atoms with Crippen molar-refractivity contribution in [2.45, 2.75) is 19.9 Å². The maximum absolute atomic E-state index is 12.0. The Morgan fingerprint density at radius 1 is 1.56 bits per heavy atom. The van der Waals surface area contributed by atoms with Crippen LogP contribution in [0, 0.1) is 5.92 Å². The van der Waals surface area contributed by atoms with Crippen LogP contribution in [-0.4, -0.2) is 53.6 Å². The van der Waals surface area contributed by atoms with E-state index in [4.69, 9.17) is 5.11 Å². The molecule has 1 atom stereocenters. The first-order chi connectivity index (χ1) is 7.34. The molecule has 1 fully saturated rings. The molecule has 1 N–H and O–H groups in total. The van der Waals surface area contributed by atoms with Gasteiger partial charge in [0.05, 0.1) is 5.75 Å². The molecule has 94 valence electrons. The number of carbonyl (C=O) groups is 1. The van der Waals surface area contributed by atoms with E-state index in [2.05, 4.69) is 0 Å². The monoisotopic (exact) mass is 267 g/mol. The van der Waals surface area contributed by atoms with E-state index >= 15 is 0 Å². The van der Waals surface area contributed by atoms with E-state index in [0.29, 0.717) is 18.1 Å². The number of hydrogen-bond acceptors (Lipinski definition) is 4. The van der Waals surface area contributed by atoms with Gasteiger partial charge in [-0.05, 0) is 5.92 Å². The van der Waals surface area contributed by atoms with Crippen LogP contribution in [0.25, 0.3) is 0 Å². The van der Waals surface area contributed by atoms with Gasteiger partial charge in [0, 0.05) is 18.1 Å². The zero-order valence-corrected chi connectivity index (χ0v) is 11.1. The topological polar surface area (TPSA) is 74.7 Å². The lowest BCUT2D eigenvalue weighted by atomic mass is 10.3. The van der Waals surface area contributed by atoms with Crippen LogP contribution in [0.1, 0.15) is 13.8 Å². The van der Waals surface area contributed by atoms with E-state index in [1.54, 1.807) is 0 Å². The number of hydrogen-bond donors (Lipinski definition) is 1. The van der Waals surface area contributed by atoms with E-state index in [1.807, 2.05) is 13.8 Å². The van der Waals surface area contributed by atoms with Crippen molar-refractivity contribution in [1.82, 2.24) is 4.31 Å². The van der Waals surface area contributed by atoms with Crippen molar-refractivity contribution < 1.29 is 18.3 Å². The fraction of sp³-hybridized carbons (Fsp3) is 0.889. The molecule has 0 radical (unpaired) electrons. The van der Waals surface area contributed by atoms with Gasteiger partial charge in [-0.1, -0.05) is 13.8 Å². The van der Waals surface area contributed by atoms with Gasteiger partial charge in [0.25, 0.3) is 0 Å². The van der Waals surface area contributed by atoms with Crippen LogP contribution in [-0.2, 0) is 14.8 Å². The Morgan fingerprint density at radius 2 is 2.19 bits per heavy atom. The highest BCUT2D eigenvalue weighted by atomic mass is 32.2. The first-order valence-corrected chi connectivity index (χ1v) is 7.91. The summed E-state index contributed by atoms with van der Waals surface area (Å²) in [7, 11) is -3.44. The summed E-state index contributed by atoms with van der Waals surface area (Å²) in [6.07, 6.45) is 0. The molecule has 7 heteroatoms. The number of carboxylic acids is 1. The number of aliphatic carboxylic acids is 1. The third-order valence-electron chi connectivity index (χ3n) is 2.27. The minimum atomic E-state index is -3.44. The first-order valence-electron chi connectivity index (χ1n) is 5.14. The van der Waals surface area contributed by atoms with E-state index in [-0.39, 0.29) is 11.7 Å². The van der Waals surface area contributed by atoms with Crippen LogP contribution in [0.2, 0.25) is 0 Å². The Labute approximate surface area is 100 Å². The molecule has 1 aliphatic rings. The summed E-state index contributed by atoms with van der Waals surface area (Å²) in [5.41, 5.74) is 0. The summed E-state index contributed by atoms with van der Waals surface area (Å²) >= 11 is 1.48. The third kappa shape index (κ3) is 3.36. The Balaban J connectivity index is 2.86. The molecule has 1 aliphatic heterocycles. The van der Waals surface area contributed by atoms with Crippen molar-refractivity contribution in [1.29, 1.82) is 0 Å². The van der Waals surface area contributed by atoms with Crippen molar-refractivity contribution in [2.75, 3.05) is 23.8 Å². The molecule has 1 unspecified atom stereocenters. The lowest BCUT2D eigenvalue weighted by molar-refractivity contribution is -0.140. The minimum absolute atomic E-state index is 0.00836. The van der Waals surface area contributed by atoms with Crippen LogP contribution in [0.4, 0.5) is 0 Å². The predicted octanol–water partition coefficient (Wildman–Crippen LogP) is 0.474. The second-order valence-electron chi connectivity index (χ2n) is 4.21. The van der Waals surface area contributed by atoms with E-state index in [1.165, 1.54) is 11.8 Å².